The highest BCUT2D eigenvalue weighted by Gasteiger charge is 2.52. The molecule has 6 nitrogen and oxygen atoms in total. The molecule has 0 unspecified atom stereocenters. The number of nitrogens with one attached hydrogen (secondary N) is 1. The Bertz CT molecular complexity index is 1480. The molecule has 0 radical (unpaired) electrons. The molecule has 2 heterocycles. The van der Waals surface area contributed by atoms with Crippen LogP contribution in [0.25, 0.3) is 0 Å². The van der Waals surface area contributed by atoms with Gasteiger partial charge in [-0.05, 0) is 86.8 Å². The molecule has 1 fully saturated rings. The van der Waals surface area contributed by atoms with Crippen LogP contribution in [0.2, 0.25) is 15.1 Å². The van der Waals surface area contributed by atoms with E-state index in [0.29, 0.717) is 33.7 Å². The van der Waals surface area contributed by atoms with Crippen molar-refractivity contribution in [3.05, 3.63) is 92.9 Å². The third kappa shape index (κ3) is 5.54. The van der Waals surface area contributed by atoms with Gasteiger partial charge in [-0.1, -0.05) is 46.9 Å². The summed E-state index contributed by atoms with van der Waals surface area (Å²) in [6.07, 6.45) is -0.318. The van der Waals surface area contributed by atoms with Crippen LogP contribution in [-0.4, -0.2) is 26.0 Å². The minimum Gasteiger partial charge on any atom is -0.487 e. The van der Waals surface area contributed by atoms with E-state index < -0.39 is 39.7 Å². The van der Waals surface area contributed by atoms with Crippen LogP contribution in [0.15, 0.2) is 71.6 Å². The smallest absolute Gasteiger partial charge is 0.264 e. The van der Waals surface area contributed by atoms with Gasteiger partial charge in [0.05, 0.1) is 23.0 Å². The first-order valence-corrected chi connectivity index (χ1v) is 14.8. The topological polar surface area (TPSA) is 81.7 Å². The maximum atomic E-state index is 13.6. The quantitative estimate of drug-likeness (QED) is 0.359. The minimum absolute atomic E-state index is 0.0545. The van der Waals surface area contributed by atoms with Gasteiger partial charge in [-0.2, -0.15) is 0 Å². The fourth-order valence-electron chi connectivity index (χ4n) is 5.30. The molecule has 1 amide bonds. The van der Waals surface area contributed by atoms with E-state index in [0.717, 1.165) is 11.1 Å². The average Bonchev–Trinajstić information content (AvgIpc) is 2.84. The van der Waals surface area contributed by atoms with Crippen LogP contribution >= 0.6 is 34.8 Å². The molecule has 1 N–H and O–H groups in total. The summed E-state index contributed by atoms with van der Waals surface area (Å²) in [6.45, 7) is 3.89. The van der Waals surface area contributed by atoms with Gasteiger partial charge >= 0.3 is 0 Å². The highest BCUT2D eigenvalue weighted by molar-refractivity contribution is 7.90. The standard InChI is InChI=1S/C28H26Cl3NO5S/c1-28(2)23-15-22(27(33)32-38(34,35)20-9-6-17(29)7-10-20)25(13-16-4-3-5-18(30)12-16)36-26(23)21-14-19(31)8-11-24(21)37-28/h3-12,14,22-23,25-26H,13,15H2,1-2H3,(H,32,33)/t22-,23-,25-,26+/m0/s1. The Labute approximate surface area is 237 Å². The number of sulfonamides is 1. The van der Waals surface area contributed by atoms with E-state index in [1.54, 1.807) is 12.1 Å². The van der Waals surface area contributed by atoms with Gasteiger partial charge < -0.3 is 9.47 Å². The molecule has 0 saturated carbocycles. The Balaban J connectivity index is 1.50. The summed E-state index contributed by atoms with van der Waals surface area (Å²) in [5.41, 5.74) is 1.00. The average molecular weight is 595 g/mol. The summed E-state index contributed by atoms with van der Waals surface area (Å²) in [7, 11) is -4.12. The van der Waals surface area contributed by atoms with Crippen molar-refractivity contribution >= 4 is 50.7 Å². The fourth-order valence-corrected chi connectivity index (χ4v) is 6.85. The molecule has 5 rings (SSSR count). The molecule has 1 saturated heterocycles. The van der Waals surface area contributed by atoms with Gasteiger partial charge in [0, 0.05) is 26.5 Å². The number of benzene rings is 3. The first-order valence-electron chi connectivity index (χ1n) is 12.1. The Morgan fingerprint density at radius 1 is 0.974 bits per heavy atom. The van der Waals surface area contributed by atoms with Gasteiger partial charge in [-0.25, -0.2) is 13.1 Å². The van der Waals surface area contributed by atoms with Crippen LogP contribution in [0.4, 0.5) is 0 Å². The molecule has 0 spiro atoms. The van der Waals surface area contributed by atoms with Crippen molar-refractivity contribution in [1.29, 1.82) is 0 Å². The summed E-state index contributed by atoms with van der Waals surface area (Å²) in [4.78, 5) is 13.6. The summed E-state index contributed by atoms with van der Waals surface area (Å²) in [5, 5.41) is 1.50. The molecule has 4 atom stereocenters. The second-order valence-electron chi connectivity index (χ2n) is 10.2. The molecule has 0 bridgehead atoms. The monoisotopic (exact) mass is 593 g/mol. The van der Waals surface area contributed by atoms with Crippen molar-refractivity contribution in [2.24, 2.45) is 11.8 Å². The third-order valence-electron chi connectivity index (χ3n) is 7.21. The lowest BCUT2D eigenvalue weighted by Crippen LogP contribution is -2.54. The molecule has 3 aromatic carbocycles. The van der Waals surface area contributed by atoms with Crippen molar-refractivity contribution < 1.29 is 22.7 Å². The van der Waals surface area contributed by atoms with Gasteiger partial charge in [-0.3, -0.25) is 4.79 Å². The third-order valence-corrected chi connectivity index (χ3v) is 9.29. The zero-order valence-electron chi connectivity index (χ0n) is 20.7. The molecular formula is C28H26Cl3NO5S. The minimum atomic E-state index is -4.12. The summed E-state index contributed by atoms with van der Waals surface area (Å²) in [5.74, 6) is -0.979. The number of amides is 1. The van der Waals surface area contributed by atoms with Crippen LogP contribution in [0.3, 0.4) is 0 Å². The van der Waals surface area contributed by atoms with Crippen molar-refractivity contribution in [3.63, 3.8) is 0 Å². The van der Waals surface area contributed by atoms with Crippen LogP contribution in [0.5, 0.6) is 5.75 Å². The predicted molar refractivity (Wildman–Crippen MR) is 147 cm³/mol. The van der Waals surface area contributed by atoms with Crippen LogP contribution in [-0.2, 0) is 26.0 Å². The summed E-state index contributed by atoms with van der Waals surface area (Å²) < 4.78 is 41.3. The van der Waals surface area contributed by atoms with Crippen LogP contribution in [0, 0.1) is 11.8 Å². The number of hydrogen-bond acceptors (Lipinski definition) is 5. The van der Waals surface area contributed by atoms with Crippen molar-refractivity contribution in [2.75, 3.05) is 0 Å². The highest BCUT2D eigenvalue weighted by Crippen LogP contribution is 2.52. The molecule has 38 heavy (non-hydrogen) atoms. The molecular weight excluding hydrogens is 569 g/mol. The largest absolute Gasteiger partial charge is 0.487 e. The van der Waals surface area contributed by atoms with Gasteiger partial charge in [0.25, 0.3) is 10.0 Å². The van der Waals surface area contributed by atoms with E-state index in [2.05, 4.69) is 4.72 Å². The second-order valence-corrected chi connectivity index (χ2v) is 13.2. The van der Waals surface area contributed by atoms with Crippen LogP contribution in [0.1, 0.15) is 37.5 Å². The van der Waals surface area contributed by atoms with E-state index in [4.69, 9.17) is 44.3 Å². The second kappa shape index (κ2) is 10.4. The number of fused-ring (bicyclic) bond motifs is 3. The molecule has 200 valence electrons. The fraction of sp³-hybridized carbons (Fsp3) is 0.321. The van der Waals surface area contributed by atoms with Gasteiger partial charge in [0.1, 0.15) is 11.4 Å². The van der Waals surface area contributed by atoms with Crippen molar-refractivity contribution in [1.82, 2.24) is 4.72 Å². The maximum Gasteiger partial charge on any atom is 0.264 e. The molecule has 3 aromatic rings. The number of ether oxygens (including phenoxy) is 2. The SMILES string of the molecule is CC1(C)Oc2ccc(Cl)cc2[C@H]2O[C@@H](Cc3cccc(Cl)c3)[C@@H](C(=O)NS(=O)(=O)c3ccc(Cl)cc3)C[C@@H]21. The van der Waals surface area contributed by atoms with Gasteiger partial charge in [0.2, 0.25) is 5.91 Å². The van der Waals surface area contributed by atoms with E-state index in [9.17, 15) is 13.2 Å². The lowest BCUT2D eigenvalue weighted by atomic mass is 9.71. The lowest BCUT2D eigenvalue weighted by molar-refractivity contribution is -0.177. The van der Waals surface area contributed by atoms with E-state index in [-0.39, 0.29) is 10.8 Å². The van der Waals surface area contributed by atoms with E-state index in [1.165, 1.54) is 24.3 Å². The molecule has 2 aliphatic heterocycles. The number of halogens is 3. The van der Waals surface area contributed by atoms with Crippen LogP contribution < -0.4 is 9.46 Å². The van der Waals surface area contributed by atoms with E-state index >= 15 is 0 Å². The number of carbonyl (C=O) groups is 1. The maximum absolute atomic E-state index is 13.6. The zero-order valence-corrected chi connectivity index (χ0v) is 23.7. The number of rotatable bonds is 5. The van der Waals surface area contributed by atoms with Gasteiger partial charge in [-0.15, -0.1) is 0 Å². The highest BCUT2D eigenvalue weighted by atomic mass is 35.5. The number of hydrogen-bond donors (Lipinski definition) is 1. The zero-order chi connectivity index (χ0) is 27.2. The van der Waals surface area contributed by atoms with Crippen molar-refractivity contribution in [3.8, 4) is 5.75 Å². The lowest BCUT2D eigenvalue weighted by Gasteiger charge is -2.50. The number of carbonyl (C=O) groups excluding carboxylic acids is 1. The van der Waals surface area contributed by atoms with E-state index in [1.807, 2.05) is 44.2 Å². The Morgan fingerprint density at radius 2 is 1.66 bits per heavy atom. The Hall–Kier alpha value is -2.29. The van der Waals surface area contributed by atoms with Gasteiger partial charge in [0.15, 0.2) is 0 Å². The molecule has 0 aromatic heterocycles. The first-order chi connectivity index (χ1) is 17.9. The van der Waals surface area contributed by atoms with Crippen molar-refractivity contribution in [2.45, 2.75) is 49.4 Å². The summed E-state index contributed by atoms with van der Waals surface area (Å²) in [6, 6.07) is 18.4. The Kier molecular flexibility index (Phi) is 7.44. The summed E-state index contributed by atoms with van der Waals surface area (Å²) >= 11 is 18.4. The molecule has 10 heteroatoms. The molecule has 0 aliphatic carbocycles. The normalized spacial score (nSPS) is 24.0. The Morgan fingerprint density at radius 3 is 2.37 bits per heavy atom. The first kappa shape index (κ1) is 27.3. The predicted octanol–water partition coefficient (Wildman–Crippen LogP) is 6.63. The molecule has 2 aliphatic rings.